The minimum absolute atomic E-state index is 0.0417. The van der Waals surface area contributed by atoms with Crippen molar-refractivity contribution in [2.24, 2.45) is 0 Å². The van der Waals surface area contributed by atoms with Crippen LogP contribution in [0.5, 0.6) is 0 Å². The van der Waals surface area contributed by atoms with Crippen LogP contribution in [0.3, 0.4) is 0 Å². The van der Waals surface area contributed by atoms with Crippen LogP contribution >= 0.6 is 0 Å². The van der Waals surface area contributed by atoms with Gasteiger partial charge in [0.2, 0.25) is 0 Å². The fourth-order valence-corrected chi connectivity index (χ4v) is 11.3. The van der Waals surface area contributed by atoms with Crippen molar-refractivity contribution in [3.8, 4) is 0 Å². The molecule has 14 aromatic rings. The van der Waals surface area contributed by atoms with Crippen LogP contribution in [0.4, 0.5) is 0 Å². The van der Waals surface area contributed by atoms with Crippen LogP contribution in [-0.2, 0) is 0 Å². The topological polar surface area (TPSA) is 68.5 Å². The van der Waals surface area contributed by atoms with Gasteiger partial charge in [-0.05, 0) is 146 Å². The van der Waals surface area contributed by atoms with Gasteiger partial charge in [0.15, 0.2) is 11.6 Å². The van der Waals surface area contributed by atoms with Crippen molar-refractivity contribution in [3.63, 3.8) is 0 Å². The highest BCUT2D eigenvalue weighted by Gasteiger charge is 2.26. The van der Waals surface area contributed by atoms with Crippen LogP contribution in [0.15, 0.2) is 138 Å². The van der Waals surface area contributed by atoms with Gasteiger partial charge in [-0.2, -0.15) is 0 Å². The fourth-order valence-electron chi connectivity index (χ4n) is 11.3. The Morgan fingerprint density at radius 3 is 1.11 bits per heavy atom. The molecule has 0 bridgehead atoms. The first-order valence-electron chi connectivity index (χ1n) is 19.3. The summed E-state index contributed by atoms with van der Waals surface area (Å²) in [5, 5.41) is 24.1. The molecule has 0 saturated carbocycles. The number of ketones is 2. The number of benzene rings is 12. The summed E-state index contributed by atoms with van der Waals surface area (Å²) in [6, 6.07) is 42.5. The van der Waals surface area contributed by atoms with E-state index in [1.807, 2.05) is 42.5 Å². The van der Waals surface area contributed by atoms with Crippen LogP contribution in [0, 0.1) is 0 Å². The van der Waals surface area contributed by atoms with Crippen LogP contribution in [-0.4, -0.2) is 21.0 Å². The Labute approximate surface area is 319 Å². The molecule has 2 aromatic heterocycles. The lowest BCUT2D eigenvalue weighted by molar-refractivity contribution is 0.102. The Hall–Kier alpha value is -7.76. The molecule has 0 unspecified atom stereocenters. The number of hydrogen-bond acceptors (Lipinski definition) is 4. The quantitative estimate of drug-likeness (QED) is 0.115. The number of imidazole rings is 1. The summed E-state index contributed by atoms with van der Waals surface area (Å²) in [7, 11) is 0. The molecule has 2 heterocycles. The lowest BCUT2D eigenvalue weighted by atomic mass is 9.81. The van der Waals surface area contributed by atoms with Crippen molar-refractivity contribution in [1.29, 1.82) is 0 Å². The third kappa shape index (κ3) is 3.04. The fraction of sp³-hybridized carbons (Fsp3) is 0. The maximum absolute atomic E-state index is 14.3. The van der Waals surface area contributed by atoms with Crippen LogP contribution < -0.4 is 5.56 Å². The SMILES string of the molecule is O=C1C=CC(=O)c2ccc3c4ccc5c6ccc7c8ccc9c%10c(ccc(c%11ccc(c%12ccc(c%13ccc1c2c%133)c4c%125)c6c%117)c8%10)c(=O)n1c2ccccc2nc91. The molecule has 12 aromatic carbocycles. The van der Waals surface area contributed by atoms with Gasteiger partial charge >= 0.3 is 0 Å². The van der Waals surface area contributed by atoms with E-state index in [9.17, 15) is 14.4 Å². The Morgan fingerprint density at radius 2 is 0.667 bits per heavy atom. The summed E-state index contributed by atoms with van der Waals surface area (Å²) in [6.07, 6.45) is 2.80. The van der Waals surface area contributed by atoms with Crippen molar-refractivity contribution in [2.45, 2.75) is 0 Å². The predicted octanol–water partition coefficient (Wildman–Crippen LogP) is 12.2. The van der Waals surface area contributed by atoms with Gasteiger partial charge in [0, 0.05) is 32.7 Å². The van der Waals surface area contributed by atoms with Crippen LogP contribution in [0.25, 0.3) is 135 Å². The highest BCUT2D eigenvalue weighted by molar-refractivity contribution is 6.47. The second kappa shape index (κ2) is 9.19. The number of nitrogens with zero attached hydrogens (tertiary/aromatic N) is 2. The molecule has 0 N–H and O–H groups in total. The number of carbonyl (C=O) groups is 2. The van der Waals surface area contributed by atoms with E-state index in [2.05, 4.69) is 78.9 Å². The van der Waals surface area contributed by atoms with Gasteiger partial charge in [0.25, 0.3) is 5.56 Å². The summed E-state index contributed by atoms with van der Waals surface area (Å²) in [5.74, 6) is -0.286. The molecule has 5 heteroatoms. The van der Waals surface area contributed by atoms with Gasteiger partial charge in [-0.25, -0.2) is 4.98 Å². The summed E-state index contributed by atoms with van der Waals surface area (Å²) in [4.78, 5) is 45.7. The lowest BCUT2D eigenvalue weighted by Gasteiger charge is -2.22. The molecular formula is C52H22N2O3. The molecule has 258 valence electrons. The van der Waals surface area contributed by atoms with E-state index in [0.29, 0.717) is 22.2 Å². The second-order valence-corrected chi connectivity index (χ2v) is 15.9. The Bertz CT molecular complexity index is 4210. The molecule has 0 amide bonds. The van der Waals surface area contributed by atoms with E-state index < -0.39 is 0 Å². The lowest BCUT2D eigenvalue weighted by Crippen LogP contribution is -2.13. The normalized spacial score (nSPS) is 14.0. The van der Waals surface area contributed by atoms with E-state index in [0.717, 1.165) is 70.3 Å². The Kier molecular flexibility index (Phi) is 4.62. The zero-order valence-corrected chi connectivity index (χ0v) is 29.8. The third-order valence-corrected chi connectivity index (χ3v) is 13.5. The first-order valence-corrected chi connectivity index (χ1v) is 19.3. The predicted molar refractivity (Wildman–Crippen MR) is 234 cm³/mol. The largest absolute Gasteiger partial charge is 0.289 e. The van der Waals surface area contributed by atoms with E-state index in [1.54, 1.807) is 4.40 Å². The summed E-state index contributed by atoms with van der Waals surface area (Å²) < 4.78 is 1.77. The first kappa shape index (κ1) is 28.7. The highest BCUT2D eigenvalue weighted by Crippen LogP contribution is 2.51. The standard InChI is InChI=1S/C52H22N2O3/c55-41-21-22-42(56)36-18-14-32-28-10-6-24-26-8-12-30-34-16-20-38-50-37(51-53-39-3-1-2-4-40(39)54(51)52(38)57)19-15-33(48(34)50)29-11-7-25(44(26)46(29)30)23-5-9-27(45(28)43(23)24)31-13-17-35(41)49(36)47(31)32/h1-22H. The van der Waals surface area contributed by atoms with Crippen molar-refractivity contribution in [2.75, 3.05) is 0 Å². The number of fused-ring (bicyclic) bond motifs is 10. The Balaban J connectivity index is 1.10. The van der Waals surface area contributed by atoms with Gasteiger partial charge < -0.3 is 0 Å². The molecule has 0 saturated heterocycles. The minimum atomic E-state index is -0.143. The number of para-hydroxylation sites is 2. The molecule has 0 aliphatic heterocycles. The van der Waals surface area contributed by atoms with Gasteiger partial charge in [0.05, 0.1) is 11.0 Å². The molecule has 1 aliphatic carbocycles. The average Bonchev–Trinajstić information content (AvgIpc) is 3.60. The minimum Gasteiger partial charge on any atom is -0.289 e. The number of hydrogen-bond donors (Lipinski definition) is 0. The molecule has 1 aliphatic rings. The highest BCUT2D eigenvalue weighted by atomic mass is 16.1. The molecule has 0 spiro atoms. The Morgan fingerprint density at radius 1 is 0.333 bits per heavy atom. The zero-order valence-electron chi connectivity index (χ0n) is 29.8. The van der Waals surface area contributed by atoms with Crippen molar-refractivity contribution in [3.05, 3.63) is 155 Å². The second-order valence-electron chi connectivity index (χ2n) is 15.9. The summed E-state index contributed by atoms with van der Waals surface area (Å²) in [5.41, 5.74) is 3.44. The third-order valence-electron chi connectivity index (χ3n) is 13.5. The van der Waals surface area contributed by atoms with Gasteiger partial charge in [-0.3, -0.25) is 18.8 Å². The molecule has 15 rings (SSSR count). The van der Waals surface area contributed by atoms with E-state index >= 15 is 0 Å². The smallest absolute Gasteiger partial charge is 0.264 e. The molecule has 0 fully saturated rings. The van der Waals surface area contributed by atoms with Crippen molar-refractivity contribution in [1.82, 2.24) is 9.38 Å². The van der Waals surface area contributed by atoms with Gasteiger partial charge in [-0.15, -0.1) is 0 Å². The zero-order chi connectivity index (χ0) is 37.2. The number of aromatic nitrogens is 2. The number of pyridine rings is 1. The van der Waals surface area contributed by atoms with E-state index in [-0.39, 0.29) is 17.1 Å². The maximum Gasteiger partial charge on any atom is 0.264 e. The number of rotatable bonds is 0. The maximum atomic E-state index is 14.3. The molecule has 0 atom stereocenters. The van der Waals surface area contributed by atoms with Crippen molar-refractivity contribution < 1.29 is 9.59 Å². The number of allylic oxidation sites excluding steroid dienone is 2. The molecule has 0 radical (unpaired) electrons. The van der Waals surface area contributed by atoms with Crippen molar-refractivity contribution >= 4 is 147 Å². The average molecular weight is 723 g/mol. The van der Waals surface area contributed by atoms with E-state index in [4.69, 9.17) is 4.98 Å². The first-order chi connectivity index (χ1) is 28.0. The molecular weight excluding hydrogens is 701 g/mol. The van der Waals surface area contributed by atoms with E-state index in [1.165, 1.54) is 66.0 Å². The van der Waals surface area contributed by atoms with Crippen LogP contribution in [0.2, 0.25) is 0 Å². The monoisotopic (exact) mass is 722 g/mol. The number of carbonyl (C=O) groups excluding carboxylic acids is 2. The molecule has 57 heavy (non-hydrogen) atoms. The van der Waals surface area contributed by atoms with Gasteiger partial charge in [0.1, 0.15) is 5.65 Å². The van der Waals surface area contributed by atoms with Crippen LogP contribution in [0.1, 0.15) is 20.7 Å². The summed E-state index contributed by atoms with van der Waals surface area (Å²) in [6.45, 7) is 0. The molecule has 5 nitrogen and oxygen atoms in total. The van der Waals surface area contributed by atoms with Gasteiger partial charge in [-0.1, -0.05) is 84.9 Å². The summed E-state index contributed by atoms with van der Waals surface area (Å²) >= 11 is 0.